The highest BCUT2D eigenvalue weighted by molar-refractivity contribution is 7.01. The number of hydrogen-bond acceptors (Lipinski definition) is 0. The van der Waals surface area contributed by atoms with Crippen molar-refractivity contribution in [3.8, 4) is 22.3 Å². The third-order valence-corrected chi connectivity index (χ3v) is 14.7. The summed E-state index contributed by atoms with van der Waals surface area (Å²) in [7, 11) is -1.83. The van der Waals surface area contributed by atoms with Crippen LogP contribution in [0, 0.1) is 0 Å². The van der Waals surface area contributed by atoms with Crippen LogP contribution in [0.15, 0.2) is 158 Å². The molecule has 0 nitrogen and oxygen atoms in total. The van der Waals surface area contributed by atoms with Gasteiger partial charge in [-0.2, -0.15) is 0 Å². The van der Waals surface area contributed by atoms with E-state index in [9.17, 15) is 0 Å². The van der Waals surface area contributed by atoms with E-state index >= 15 is 0 Å². The second-order valence-electron chi connectivity index (χ2n) is 14.1. The first-order valence-electron chi connectivity index (χ1n) is 17.1. The lowest BCUT2D eigenvalue weighted by Gasteiger charge is -2.34. The van der Waals surface area contributed by atoms with Gasteiger partial charge in [0, 0.05) is 0 Å². The highest BCUT2D eigenvalue weighted by Crippen LogP contribution is 2.45. The topological polar surface area (TPSA) is 0 Å². The van der Waals surface area contributed by atoms with Crippen molar-refractivity contribution < 1.29 is 0 Å². The summed E-state index contributed by atoms with van der Waals surface area (Å²) in [5.41, 5.74) is 8.10. The van der Waals surface area contributed by atoms with Gasteiger partial charge in [0.2, 0.25) is 0 Å². The summed E-state index contributed by atoms with van der Waals surface area (Å²) >= 11 is 0. The second kappa shape index (κ2) is 10.2. The maximum Gasteiger partial charge on any atom is 0.112 e. The Hall–Kier alpha value is -5.50. The van der Waals surface area contributed by atoms with Gasteiger partial charge >= 0.3 is 0 Å². The Morgan fingerprint density at radius 2 is 0.792 bits per heavy atom. The van der Waals surface area contributed by atoms with Crippen molar-refractivity contribution in [2.75, 3.05) is 0 Å². The van der Waals surface area contributed by atoms with Crippen LogP contribution >= 0.6 is 0 Å². The second-order valence-corrected chi connectivity index (χ2v) is 18.4. The summed E-state index contributed by atoms with van der Waals surface area (Å²) in [6, 6.07) is 59.5. The molecule has 1 aliphatic heterocycles. The van der Waals surface area contributed by atoms with Gasteiger partial charge < -0.3 is 0 Å². The molecule has 48 heavy (non-hydrogen) atoms. The predicted octanol–water partition coefficient (Wildman–Crippen LogP) is 11.5. The van der Waals surface area contributed by atoms with Crippen molar-refractivity contribution in [3.05, 3.63) is 169 Å². The molecule has 0 fully saturated rings. The van der Waals surface area contributed by atoms with Crippen LogP contribution in [0.1, 0.15) is 11.1 Å². The minimum atomic E-state index is -1.83. The van der Waals surface area contributed by atoms with Crippen LogP contribution in [0.3, 0.4) is 0 Å². The van der Waals surface area contributed by atoms with E-state index in [2.05, 4.69) is 171 Å². The van der Waals surface area contributed by atoms with Gasteiger partial charge in [0.05, 0.1) is 0 Å². The van der Waals surface area contributed by atoms with Crippen LogP contribution in [0.5, 0.6) is 0 Å². The van der Waals surface area contributed by atoms with Crippen LogP contribution in [0.4, 0.5) is 0 Å². The maximum atomic E-state index is 2.53. The highest BCUT2D eigenvalue weighted by Gasteiger charge is 2.34. The minimum absolute atomic E-state index is 1.03. The Labute approximate surface area is 281 Å². The van der Waals surface area contributed by atoms with Gasteiger partial charge in [0.1, 0.15) is 8.07 Å². The van der Waals surface area contributed by atoms with Crippen molar-refractivity contribution in [1.29, 1.82) is 0 Å². The Bertz CT molecular complexity index is 2770. The summed E-state index contributed by atoms with van der Waals surface area (Å²) in [5, 5.41) is 16.4. The molecule has 0 aliphatic carbocycles. The van der Waals surface area contributed by atoms with Crippen molar-refractivity contribution in [1.82, 2.24) is 0 Å². The van der Waals surface area contributed by atoms with Crippen molar-refractivity contribution in [2.24, 2.45) is 0 Å². The zero-order chi connectivity index (χ0) is 32.0. The minimum Gasteiger partial charge on any atom is -0.0623 e. The maximum absolute atomic E-state index is 2.53. The number of hydrogen-bond donors (Lipinski definition) is 0. The van der Waals surface area contributed by atoms with Crippen LogP contribution in [0.2, 0.25) is 13.1 Å². The van der Waals surface area contributed by atoms with Gasteiger partial charge in [0.25, 0.3) is 0 Å². The van der Waals surface area contributed by atoms with E-state index < -0.39 is 8.07 Å². The molecule has 1 heterocycles. The molecule has 0 atom stereocenters. The van der Waals surface area contributed by atoms with Crippen molar-refractivity contribution >= 4 is 72.3 Å². The van der Waals surface area contributed by atoms with Gasteiger partial charge in [-0.1, -0.05) is 169 Å². The fourth-order valence-electron chi connectivity index (χ4n) is 8.79. The van der Waals surface area contributed by atoms with Gasteiger partial charge in [0.15, 0.2) is 0 Å². The highest BCUT2D eigenvalue weighted by atomic mass is 28.3. The summed E-state index contributed by atoms with van der Waals surface area (Å²) < 4.78 is 0. The molecule has 0 spiro atoms. The van der Waals surface area contributed by atoms with Gasteiger partial charge in [-0.3, -0.25) is 0 Å². The van der Waals surface area contributed by atoms with E-state index in [1.165, 1.54) is 87.2 Å². The molecule has 0 aromatic heterocycles. The molecule has 0 saturated carbocycles. The standard InChI is InChI=1S/C47H34Si/c1-48(2)44-19-11-6-14-34(44)26-35-21-20-33(29-45(35)48)32-23-25-39-38-24-22-31(30-12-4-3-5-13-30)27-42(38)46-40-17-9-7-15-36(40)37-16-8-10-18-41(37)47(46)43(39)28-32/h3-25,27-29H,26H2,1-2H3. The average Bonchev–Trinajstić information content (AvgIpc) is 3.14. The van der Waals surface area contributed by atoms with E-state index in [-0.39, 0.29) is 0 Å². The SMILES string of the molecule is C[Si]1(C)c2ccccc2Cc2ccc(-c3ccc4c5ccc(-c6ccccc6)cc5c5c6ccccc6c6ccccc6c5c4c3)cc21. The van der Waals surface area contributed by atoms with E-state index in [1.807, 2.05) is 0 Å². The molecule has 0 amide bonds. The fraction of sp³-hybridized carbons (Fsp3) is 0.0638. The molecule has 9 aromatic carbocycles. The van der Waals surface area contributed by atoms with E-state index in [0.717, 1.165) is 6.42 Å². The van der Waals surface area contributed by atoms with Crippen LogP contribution in [-0.4, -0.2) is 8.07 Å². The summed E-state index contributed by atoms with van der Waals surface area (Å²) in [4.78, 5) is 0. The quantitative estimate of drug-likeness (QED) is 0.132. The Kier molecular flexibility index (Phi) is 5.89. The molecule has 0 radical (unpaired) electrons. The molecule has 1 heteroatoms. The third-order valence-electron chi connectivity index (χ3n) is 11.1. The van der Waals surface area contributed by atoms with E-state index in [4.69, 9.17) is 0 Å². The fourth-order valence-corrected chi connectivity index (χ4v) is 12.1. The monoisotopic (exact) mass is 626 g/mol. The first-order valence-corrected chi connectivity index (χ1v) is 20.1. The molecular formula is C47H34Si. The first kappa shape index (κ1) is 27.6. The first-order chi connectivity index (χ1) is 23.6. The zero-order valence-electron chi connectivity index (χ0n) is 27.2. The molecule has 9 aromatic rings. The number of rotatable bonds is 2. The third kappa shape index (κ3) is 3.95. The van der Waals surface area contributed by atoms with Crippen molar-refractivity contribution in [3.63, 3.8) is 0 Å². The number of benzene rings is 9. The van der Waals surface area contributed by atoms with Crippen LogP contribution < -0.4 is 10.4 Å². The molecule has 0 N–H and O–H groups in total. The van der Waals surface area contributed by atoms with Crippen LogP contribution in [0.25, 0.3) is 76.1 Å². The Balaban J connectivity index is 1.30. The Morgan fingerprint density at radius 3 is 1.44 bits per heavy atom. The van der Waals surface area contributed by atoms with E-state index in [1.54, 1.807) is 10.4 Å². The molecular weight excluding hydrogens is 593 g/mol. The molecule has 0 unspecified atom stereocenters. The van der Waals surface area contributed by atoms with Crippen molar-refractivity contribution in [2.45, 2.75) is 19.5 Å². The summed E-state index contributed by atoms with van der Waals surface area (Å²) in [6.07, 6.45) is 1.03. The lowest BCUT2D eigenvalue weighted by atomic mass is 9.85. The molecule has 0 bridgehead atoms. The van der Waals surface area contributed by atoms with Gasteiger partial charge in [-0.25, -0.2) is 0 Å². The van der Waals surface area contributed by atoms with E-state index in [0.29, 0.717) is 0 Å². The average molecular weight is 627 g/mol. The zero-order valence-corrected chi connectivity index (χ0v) is 28.2. The lowest BCUT2D eigenvalue weighted by molar-refractivity contribution is 1.20. The molecule has 0 saturated heterocycles. The summed E-state index contributed by atoms with van der Waals surface area (Å²) in [6.45, 7) is 5.04. The smallest absolute Gasteiger partial charge is 0.0623 e. The largest absolute Gasteiger partial charge is 0.112 e. The molecule has 1 aliphatic rings. The molecule has 226 valence electrons. The Morgan fingerprint density at radius 1 is 0.333 bits per heavy atom. The van der Waals surface area contributed by atoms with Gasteiger partial charge in [-0.15, -0.1) is 0 Å². The lowest BCUT2D eigenvalue weighted by Crippen LogP contribution is -2.58. The number of fused-ring (bicyclic) bond motifs is 13. The predicted molar refractivity (Wildman–Crippen MR) is 211 cm³/mol. The summed E-state index contributed by atoms with van der Waals surface area (Å²) in [5.74, 6) is 0. The van der Waals surface area contributed by atoms with Gasteiger partial charge in [-0.05, 0) is 106 Å². The van der Waals surface area contributed by atoms with Crippen LogP contribution in [-0.2, 0) is 6.42 Å². The molecule has 10 rings (SSSR count). The normalized spacial score (nSPS) is 13.7.